The Morgan fingerprint density at radius 3 is 1.33 bits per heavy atom. The van der Waals surface area contributed by atoms with E-state index in [2.05, 4.69) is 41.5 Å². The van der Waals surface area contributed by atoms with E-state index in [9.17, 15) is 9.59 Å². The molecule has 0 fully saturated rings. The van der Waals surface area contributed by atoms with E-state index in [0.29, 0.717) is 49.7 Å². The van der Waals surface area contributed by atoms with Gasteiger partial charge >= 0.3 is 11.9 Å². The first kappa shape index (κ1) is 31.9. The number of ether oxygens (including phenoxy) is 2. The minimum absolute atomic E-state index is 0.0292. The maximum atomic E-state index is 11.9. The summed E-state index contributed by atoms with van der Waals surface area (Å²) in [4.78, 5) is 23.4. The SMILES string of the molecule is CC(C)COC(=O)CCCCCCCCCCCCCC(CCC(=O)OCC(C)C)C(C)C. The van der Waals surface area contributed by atoms with Crippen molar-refractivity contribution >= 4 is 11.9 Å². The second kappa shape index (κ2) is 21.5. The summed E-state index contributed by atoms with van der Waals surface area (Å²) in [5.74, 6) is 2.03. The van der Waals surface area contributed by atoms with Gasteiger partial charge in [-0.2, -0.15) is 0 Å². The first-order valence-electron chi connectivity index (χ1n) is 14.0. The van der Waals surface area contributed by atoms with E-state index in [4.69, 9.17) is 9.47 Å². The van der Waals surface area contributed by atoms with Crippen molar-refractivity contribution in [3.05, 3.63) is 0 Å². The monoisotopic (exact) mass is 468 g/mol. The summed E-state index contributed by atoms with van der Waals surface area (Å²) in [5, 5.41) is 0. The van der Waals surface area contributed by atoms with E-state index >= 15 is 0 Å². The van der Waals surface area contributed by atoms with Gasteiger partial charge in [0.15, 0.2) is 0 Å². The van der Waals surface area contributed by atoms with Crippen LogP contribution in [0.3, 0.4) is 0 Å². The molecule has 4 heteroatoms. The Bertz CT molecular complexity index is 470. The van der Waals surface area contributed by atoms with Crippen LogP contribution in [0, 0.1) is 23.7 Å². The molecule has 4 nitrogen and oxygen atoms in total. The van der Waals surface area contributed by atoms with E-state index < -0.39 is 0 Å². The third-order valence-electron chi connectivity index (χ3n) is 6.27. The van der Waals surface area contributed by atoms with Gasteiger partial charge in [0.2, 0.25) is 0 Å². The van der Waals surface area contributed by atoms with Gasteiger partial charge in [-0.3, -0.25) is 9.59 Å². The van der Waals surface area contributed by atoms with Crippen LogP contribution < -0.4 is 0 Å². The Kier molecular flexibility index (Phi) is 20.8. The summed E-state index contributed by atoms with van der Waals surface area (Å²) in [6.45, 7) is 13.9. The van der Waals surface area contributed by atoms with Crippen molar-refractivity contribution in [1.82, 2.24) is 0 Å². The average Bonchev–Trinajstić information content (AvgIpc) is 2.75. The third kappa shape index (κ3) is 22.5. The fraction of sp³-hybridized carbons (Fsp3) is 0.931. The third-order valence-corrected chi connectivity index (χ3v) is 6.27. The lowest BCUT2D eigenvalue weighted by molar-refractivity contribution is -0.145. The molecule has 0 N–H and O–H groups in total. The molecule has 1 atom stereocenters. The first-order chi connectivity index (χ1) is 15.7. The van der Waals surface area contributed by atoms with Crippen LogP contribution in [0.4, 0.5) is 0 Å². The number of unbranched alkanes of at least 4 members (excludes halogenated alkanes) is 10. The molecule has 0 radical (unpaired) electrons. The zero-order valence-electron chi connectivity index (χ0n) is 23.0. The average molecular weight is 469 g/mol. The zero-order chi connectivity index (χ0) is 24.9. The molecule has 0 saturated heterocycles. The van der Waals surface area contributed by atoms with Crippen LogP contribution in [0.1, 0.15) is 138 Å². The molecule has 0 aromatic carbocycles. The normalized spacial score (nSPS) is 12.5. The van der Waals surface area contributed by atoms with Gasteiger partial charge in [-0.25, -0.2) is 0 Å². The number of hydrogen-bond acceptors (Lipinski definition) is 4. The van der Waals surface area contributed by atoms with Crippen LogP contribution >= 0.6 is 0 Å². The highest BCUT2D eigenvalue weighted by molar-refractivity contribution is 5.69. The Morgan fingerprint density at radius 2 is 0.909 bits per heavy atom. The molecule has 0 amide bonds. The minimum atomic E-state index is -0.0347. The highest BCUT2D eigenvalue weighted by Crippen LogP contribution is 2.24. The fourth-order valence-corrected chi connectivity index (χ4v) is 4.04. The smallest absolute Gasteiger partial charge is 0.305 e. The van der Waals surface area contributed by atoms with Crippen LogP contribution in [0.15, 0.2) is 0 Å². The Morgan fingerprint density at radius 1 is 0.515 bits per heavy atom. The summed E-state index contributed by atoms with van der Waals surface area (Å²) in [7, 11) is 0. The largest absolute Gasteiger partial charge is 0.465 e. The molecule has 33 heavy (non-hydrogen) atoms. The summed E-state index contributed by atoms with van der Waals surface area (Å²) in [5.41, 5.74) is 0. The second-order valence-electron chi connectivity index (χ2n) is 11.1. The zero-order valence-corrected chi connectivity index (χ0v) is 23.0. The van der Waals surface area contributed by atoms with Gasteiger partial charge in [0.05, 0.1) is 13.2 Å². The number of esters is 2. The van der Waals surface area contributed by atoms with Crippen LogP contribution in [0.2, 0.25) is 0 Å². The molecule has 0 bridgehead atoms. The summed E-state index contributed by atoms with van der Waals surface area (Å²) >= 11 is 0. The maximum absolute atomic E-state index is 11.9. The molecule has 0 spiro atoms. The predicted molar refractivity (Wildman–Crippen MR) is 139 cm³/mol. The van der Waals surface area contributed by atoms with Crippen molar-refractivity contribution < 1.29 is 19.1 Å². The highest BCUT2D eigenvalue weighted by atomic mass is 16.5. The van der Waals surface area contributed by atoms with E-state index in [-0.39, 0.29) is 11.9 Å². The molecule has 0 aromatic heterocycles. The van der Waals surface area contributed by atoms with E-state index in [1.54, 1.807) is 0 Å². The topological polar surface area (TPSA) is 52.6 Å². The Balaban J connectivity index is 3.53. The molecule has 0 aliphatic heterocycles. The van der Waals surface area contributed by atoms with Gasteiger partial charge in [-0.05, 0) is 36.5 Å². The number of carbonyl (C=O) groups is 2. The fourth-order valence-electron chi connectivity index (χ4n) is 4.04. The van der Waals surface area contributed by atoms with Crippen molar-refractivity contribution in [2.45, 2.75) is 138 Å². The molecule has 196 valence electrons. The Labute approximate surface area is 206 Å². The molecule has 0 saturated carbocycles. The number of hydrogen-bond donors (Lipinski definition) is 0. The Hall–Kier alpha value is -1.06. The van der Waals surface area contributed by atoms with E-state index in [1.165, 1.54) is 64.2 Å². The molecule has 1 unspecified atom stereocenters. The number of carbonyl (C=O) groups excluding carboxylic acids is 2. The van der Waals surface area contributed by atoms with Crippen molar-refractivity contribution in [1.29, 1.82) is 0 Å². The van der Waals surface area contributed by atoms with Crippen LogP contribution in [-0.4, -0.2) is 25.2 Å². The lowest BCUT2D eigenvalue weighted by atomic mass is 9.86. The molecule has 0 aromatic rings. The first-order valence-corrected chi connectivity index (χ1v) is 14.0. The molecule has 0 rings (SSSR count). The lowest BCUT2D eigenvalue weighted by Crippen LogP contribution is -2.14. The standard InChI is InChI=1S/C29H56O4/c1-24(2)22-32-28(30)19-17-15-13-11-9-7-8-10-12-14-16-18-27(26(5)6)20-21-29(31)33-23-25(3)4/h24-27H,7-23H2,1-6H3. The number of rotatable bonds is 22. The highest BCUT2D eigenvalue weighted by Gasteiger charge is 2.15. The molecular formula is C29H56O4. The van der Waals surface area contributed by atoms with Gasteiger partial charge in [0.1, 0.15) is 0 Å². The van der Waals surface area contributed by atoms with Gasteiger partial charge in [0, 0.05) is 12.8 Å². The van der Waals surface area contributed by atoms with Crippen molar-refractivity contribution in [2.24, 2.45) is 23.7 Å². The van der Waals surface area contributed by atoms with Gasteiger partial charge in [-0.15, -0.1) is 0 Å². The van der Waals surface area contributed by atoms with E-state index in [1.807, 2.05) is 0 Å². The van der Waals surface area contributed by atoms with Gasteiger partial charge < -0.3 is 9.47 Å². The van der Waals surface area contributed by atoms with Crippen LogP contribution in [0.25, 0.3) is 0 Å². The van der Waals surface area contributed by atoms with Crippen LogP contribution in [0.5, 0.6) is 0 Å². The maximum Gasteiger partial charge on any atom is 0.305 e. The molecule has 0 aliphatic rings. The quantitative estimate of drug-likeness (QED) is 0.118. The van der Waals surface area contributed by atoms with Crippen LogP contribution in [-0.2, 0) is 19.1 Å². The van der Waals surface area contributed by atoms with Crippen molar-refractivity contribution in [3.8, 4) is 0 Å². The molecule has 0 heterocycles. The second-order valence-corrected chi connectivity index (χ2v) is 11.1. The predicted octanol–water partition coefficient (Wildman–Crippen LogP) is 8.51. The lowest BCUT2D eigenvalue weighted by Gasteiger charge is -2.20. The van der Waals surface area contributed by atoms with Gasteiger partial charge in [-0.1, -0.05) is 112 Å². The molecule has 0 aliphatic carbocycles. The summed E-state index contributed by atoms with van der Waals surface area (Å²) < 4.78 is 10.5. The van der Waals surface area contributed by atoms with E-state index in [0.717, 1.165) is 19.3 Å². The summed E-state index contributed by atoms with van der Waals surface area (Å²) in [6.07, 6.45) is 17.2. The summed E-state index contributed by atoms with van der Waals surface area (Å²) in [6, 6.07) is 0. The van der Waals surface area contributed by atoms with Crippen molar-refractivity contribution in [2.75, 3.05) is 13.2 Å². The van der Waals surface area contributed by atoms with Crippen molar-refractivity contribution in [3.63, 3.8) is 0 Å². The van der Waals surface area contributed by atoms with Gasteiger partial charge in [0.25, 0.3) is 0 Å². The molecular weight excluding hydrogens is 412 g/mol. The minimum Gasteiger partial charge on any atom is -0.465 e.